The van der Waals surface area contributed by atoms with Crippen molar-refractivity contribution in [3.05, 3.63) is 90.0 Å². The molecule has 2 atom stereocenters. The summed E-state index contributed by atoms with van der Waals surface area (Å²) >= 11 is 0. The molecule has 1 fully saturated rings. The van der Waals surface area contributed by atoms with Crippen LogP contribution in [0.3, 0.4) is 0 Å². The number of esters is 1. The second-order valence-corrected chi connectivity index (χ2v) is 8.32. The molecule has 0 bridgehead atoms. The van der Waals surface area contributed by atoms with E-state index in [0.717, 1.165) is 15.7 Å². The molecule has 12 heteroatoms. The first-order valence-electron chi connectivity index (χ1n) is 11.6. The average molecular weight is 520 g/mol. The maximum absolute atomic E-state index is 12.9. The minimum Gasteiger partial charge on any atom is -0.450 e. The Morgan fingerprint density at radius 1 is 0.974 bits per heavy atom. The molecule has 2 N–H and O–H groups in total. The number of imidazole rings is 1. The Bertz CT molecular complexity index is 1310. The highest BCUT2D eigenvalue weighted by Crippen LogP contribution is 2.11. The molecule has 1 aliphatic heterocycles. The summed E-state index contributed by atoms with van der Waals surface area (Å²) in [6.07, 6.45) is -0.881. The largest absolute Gasteiger partial charge is 0.450 e. The van der Waals surface area contributed by atoms with Gasteiger partial charge >= 0.3 is 18.2 Å². The molecule has 0 spiro atoms. The zero-order chi connectivity index (χ0) is 26.9. The highest BCUT2D eigenvalue weighted by atomic mass is 16.6. The summed E-state index contributed by atoms with van der Waals surface area (Å²) < 4.78 is 16.7. The lowest BCUT2D eigenvalue weighted by molar-refractivity contribution is -0.156. The lowest BCUT2D eigenvalue weighted by Crippen LogP contribution is -2.45. The number of imide groups is 1. The zero-order valence-corrected chi connectivity index (χ0v) is 20.1. The number of hydrogen-bond donors (Lipinski definition) is 2. The summed E-state index contributed by atoms with van der Waals surface area (Å²) in [5, 5.41) is 4.45. The number of carbonyl (C=O) groups excluding carboxylic acids is 5. The van der Waals surface area contributed by atoms with Gasteiger partial charge in [-0.25, -0.2) is 23.9 Å². The van der Waals surface area contributed by atoms with Gasteiger partial charge < -0.3 is 19.5 Å². The van der Waals surface area contributed by atoms with Crippen LogP contribution in [0.15, 0.2) is 73.2 Å². The number of hydrogen-bond acceptors (Lipinski definition) is 9. The van der Waals surface area contributed by atoms with Crippen molar-refractivity contribution in [1.29, 1.82) is 0 Å². The molecule has 3 aromatic rings. The van der Waals surface area contributed by atoms with Crippen LogP contribution >= 0.6 is 0 Å². The molecular formula is C26H24N4O8. The summed E-state index contributed by atoms with van der Waals surface area (Å²) in [6, 6.07) is 16.7. The maximum atomic E-state index is 12.9. The Balaban J connectivity index is 1.39. The van der Waals surface area contributed by atoms with Crippen molar-refractivity contribution in [2.75, 3.05) is 0 Å². The van der Waals surface area contributed by atoms with Gasteiger partial charge in [0, 0.05) is 12.6 Å². The smallest absolute Gasteiger partial charge is 0.419 e. The lowest BCUT2D eigenvalue weighted by Gasteiger charge is -2.18. The molecule has 1 saturated heterocycles. The number of amides is 3. The van der Waals surface area contributed by atoms with Gasteiger partial charge in [0.1, 0.15) is 25.6 Å². The topological polar surface area (TPSA) is 155 Å². The van der Waals surface area contributed by atoms with Crippen molar-refractivity contribution < 1.29 is 38.2 Å². The Kier molecular flexibility index (Phi) is 8.44. The molecule has 2 heterocycles. The summed E-state index contributed by atoms with van der Waals surface area (Å²) in [5.41, 5.74) is 1.78. The van der Waals surface area contributed by atoms with Crippen molar-refractivity contribution in [3.63, 3.8) is 0 Å². The van der Waals surface area contributed by atoms with E-state index >= 15 is 0 Å². The number of ether oxygens (including phenoxy) is 3. The van der Waals surface area contributed by atoms with Gasteiger partial charge in [0.05, 0.1) is 12.1 Å². The van der Waals surface area contributed by atoms with Crippen molar-refractivity contribution >= 4 is 30.0 Å². The van der Waals surface area contributed by atoms with Crippen LogP contribution < -0.4 is 10.6 Å². The molecule has 1 unspecified atom stereocenters. The SMILES string of the molecule is O=C1CC(OC(=O)[C@H](Cc2cn(C(=O)OCc3ccccc3)cn2)NC(=O)OCc2ccccc2)C(=O)N1. The van der Waals surface area contributed by atoms with Crippen LogP contribution in [0.1, 0.15) is 23.2 Å². The van der Waals surface area contributed by atoms with Crippen molar-refractivity contribution in [2.45, 2.75) is 38.2 Å². The second kappa shape index (κ2) is 12.3. The molecule has 2 aromatic carbocycles. The minimum atomic E-state index is -1.33. The van der Waals surface area contributed by atoms with Crippen LogP contribution in [0, 0.1) is 0 Å². The van der Waals surface area contributed by atoms with Gasteiger partial charge in [0.2, 0.25) is 5.91 Å². The number of rotatable bonds is 9. The molecule has 196 valence electrons. The fraction of sp³-hybridized carbons (Fsp3) is 0.231. The molecule has 1 aromatic heterocycles. The Morgan fingerprint density at radius 3 is 2.21 bits per heavy atom. The number of carbonyl (C=O) groups is 5. The third kappa shape index (κ3) is 7.26. The van der Waals surface area contributed by atoms with E-state index in [-0.39, 0.29) is 31.7 Å². The molecule has 38 heavy (non-hydrogen) atoms. The predicted molar refractivity (Wildman–Crippen MR) is 129 cm³/mol. The normalized spacial score (nSPS) is 15.3. The monoisotopic (exact) mass is 520 g/mol. The zero-order valence-electron chi connectivity index (χ0n) is 20.1. The molecule has 0 saturated carbocycles. The van der Waals surface area contributed by atoms with Crippen LogP contribution in [-0.2, 0) is 48.2 Å². The molecule has 0 radical (unpaired) electrons. The summed E-state index contributed by atoms with van der Waals surface area (Å²) in [4.78, 5) is 65.1. The van der Waals surface area contributed by atoms with Crippen molar-refractivity contribution in [1.82, 2.24) is 20.2 Å². The summed E-state index contributed by atoms with van der Waals surface area (Å²) in [6.45, 7) is 0.00891. The standard InChI is InChI=1S/C26H24N4O8/c31-22-12-21(23(32)29-22)38-24(33)20(28-25(34)36-14-17-7-3-1-4-8-17)11-19-13-30(16-27-19)26(35)37-15-18-9-5-2-6-10-18/h1-10,13,16,20-21H,11-12,14-15H2,(H,28,34)(H,29,31,32)/t20-,21?/m0/s1. The van der Waals surface area contributed by atoms with Gasteiger partial charge in [-0.3, -0.25) is 14.9 Å². The molecule has 0 aliphatic carbocycles. The maximum Gasteiger partial charge on any atom is 0.419 e. The highest BCUT2D eigenvalue weighted by Gasteiger charge is 2.36. The van der Waals surface area contributed by atoms with Crippen LogP contribution in [-0.4, -0.2) is 51.7 Å². The van der Waals surface area contributed by atoms with Crippen LogP contribution in [0.4, 0.5) is 9.59 Å². The fourth-order valence-corrected chi connectivity index (χ4v) is 3.52. The van der Waals surface area contributed by atoms with Gasteiger partial charge in [-0.15, -0.1) is 0 Å². The number of nitrogens with zero attached hydrogens (tertiary/aromatic N) is 2. The Hall–Kier alpha value is -5.00. The molecule has 4 rings (SSSR count). The predicted octanol–water partition coefficient (Wildman–Crippen LogP) is 1.86. The molecule has 12 nitrogen and oxygen atoms in total. The van der Waals surface area contributed by atoms with Crippen LogP contribution in [0.5, 0.6) is 0 Å². The van der Waals surface area contributed by atoms with E-state index in [1.807, 2.05) is 41.7 Å². The van der Waals surface area contributed by atoms with Gasteiger partial charge in [0.15, 0.2) is 6.10 Å². The van der Waals surface area contributed by atoms with Crippen molar-refractivity contribution in [3.8, 4) is 0 Å². The average Bonchev–Trinajstić information content (AvgIpc) is 3.52. The third-order valence-electron chi connectivity index (χ3n) is 5.44. The van der Waals surface area contributed by atoms with Gasteiger partial charge in [-0.2, -0.15) is 0 Å². The summed E-state index contributed by atoms with van der Waals surface area (Å²) in [5.74, 6) is -2.30. The molecule has 3 amide bonds. The van der Waals surface area contributed by atoms with Gasteiger partial charge in [-0.05, 0) is 11.1 Å². The van der Waals surface area contributed by atoms with E-state index in [1.165, 1.54) is 12.5 Å². The number of nitrogens with one attached hydrogen (secondary N) is 2. The highest BCUT2D eigenvalue weighted by molar-refractivity contribution is 6.05. The lowest BCUT2D eigenvalue weighted by atomic mass is 10.1. The van der Waals surface area contributed by atoms with E-state index in [4.69, 9.17) is 14.2 Å². The fourth-order valence-electron chi connectivity index (χ4n) is 3.52. The number of alkyl carbamates (subject to hydrolysis) is 1. The minimum absolute atomic E-state index is 0.0458. The van der Waals surface area contributed by atoms with Gasteiger partial charge in [-0.1, -0.05) is 60.7 Å². The Labute approximate surface area is 216 Å². The van der Waals surface area contributed by atoms with E-state index in [2.05, 4.69) is 10.3 Å². The summed E-state index contributed by atoms with van der Waals surface area (Å²) in [7, 11) is 0. The van der Waals surface area contributed by atoms with Crippen molar-refractivity contribution in [2.24, 2.45) is 0 Å². The second-order valence-electron chi connectivity index (χ2n) is 8.32. The Morgan fingerprint density at radius 2 is 1.61 bits per heavy atom. The van der Waals surface area contributed by atoms with E-state index in [9.17, 15) is 24.0 Å². The van der Waals surface area contributed by atoms with E-state index in [1.54, 1.807) is 24.3 Å². The molecule has 1 aliphatic rings. The third-order valence-corrected chi connectivity index (χ3v) is 5.44. The van der Waals surface area contributed by atoms with Crippen LogP contribution in [0.2, 0.25) is 0 Å². The first-order valence-corrected chi connectivity index (χ1v) is 11.6. The first kappa shape index (κ1) is 26.1. The number of aromatic nitrogens is 2. The van der Waals surface area contributed by atoms with Crippen LogP contribution in [0.25, 0.3) is 0 Å². The number of benzene rings is 2. The quantitative estimate of drug-likeness (QED) is 0.244. The molecular weight excluding hydrogens is 496 g/mol. The van der Waals surface area contributed by atoms with E-state index < -0.39 is 42.1 Å². The van der Waals surface area contributed by atoms with E-state index in [0.29, 0.717) is 0 Å². The first-order chi connectivity index (χ1) is 18.4. The van der Waals surface area contributed by atoms with Gasteiger partial charge in [0.25, 0.3) is 5.91 Å².